The lowest BCUT2D eigenvalue weighted by atomic mass is 9.73. The number of amides is 1. The summed E-state index contributed by atoms with van der Waals surface area (Å²) >= 11 is 0. The van der Waals surface area contributed by atoms with E-state index in [1.165, 1.54) is 0 Å². The quantitative estimate of drug-likeness (QED) is 0.738. The molecule has 1 spiro atoms. The Labute approximate surface area is 154 Å². The van der Waals surface area contributed by atoms with E-state index >= 15 is 0 Å². The number of anilines is 2. The molecule has 0 radical (unpaired) electrons. The highest BCUT2D eigenvalue weighted by atomic mass is 16.5. The van der Waals surface area contributed by atoms with Gasteiger partial charge in [-0.1, -0.05) is 0 Å². The van der Waals surface area contributed by atoms with Crippen LogP contribution in [0.5, 0.6) is 0 Å². The highest BCUT2D eigenvalue weighted by Crippen LogP contribution is 2.39. The normalized spacial score (nSPS) is 23.5. The molecular formula is C18H29N5O3. The van der Waals surface area contributed by atoms with Crippen LogP contribution in [0.1, 0.15) is 25.7 Å². The number of piperidine rings is 2. The standard InChI is InChI=1S/C18H29N5O3/c1-26-10-8-23-13-18(5-3-17(23)25)4-2-7-22(12-18)16-11-15(19-6-9-24)20-14-21-16/h11,14,24H,2-10,12-13H2,1H3,(H,19,20,21)/t18-/m0/s1. The lowest BCUT2D eigenvalue weighted by Gasteiger charge is -2.48. The molecule has 144 valence electrons. The third kappa shape index (κ3) is 4.42. The first-order chi connectivity index (χ1) is 12.7. The van der Waals surface area contributed by atoms with Crippen molar-refractivity contribution in [3.8, 4) is 0 Å². The van der Waals surface area contributed by atoms with E-state index in [2.05, 4.69) is 20.2 Å². The van der Waals surface area contributed by atoms with Crippen molar-refractivity contribution in [2.75, 3.05) is 63.3 Å². The van der Waals surface area contributed by atoms with Gasteiger partial charge in [0.25, 0.3) is 0 Å². The van der Waals surface area contributed by atoms with Crippen molar-refractivity contribution in [1.82, 2.24) is 14.9 Å². The zero-order valence-corrected chi connectivity index (χ0v) is 15.5. The van der Waals surface area contributed by atoms with Crippen molar-refractivity contribution < 1.29 is 14.6 Å². The summed E-state index contributed by atoms with van der Waals surface area (Å²) in [6.07, 6.45) is 5.35. The minimum atomic E-state index is 0.0670. The van der Waals surface area contributed by atoms with Crippen molar-refractivity contribution >= 4 is 17.5 Å². The SMILES string of the molecule is COCCN1C[C@@]2(CCCN(c3cc(NCCO)ncn3)C2)CCC1=O. The second-order valence-corrected chi connectivity index (χ2v) is 7.25. The molecule has 1 aromatic rings. The van der Waals surface area contributed by atoms with Crippen LogP contribution in [-0.4, -0.2) is 78.9 Å². The van der Waals surface area contributed by atoms with Crippen molar-refractivity contribution in [3.05, 3.63) is 12.4 Å². The predicted molar refractivity (Wildman–Crippen MR) is 99.2 cm³/mol. The van der Waals surface area contributed by atoms with Crippen LogP contribution in [0.25, 0.3) is 0 Å². The molecule has 2 N–H and O–H groups in total. The van der Waals surface area contributed by atoms with Gasteiger partial charge in [-0.25, -0.2) is 9.97 Å². The molecule has 3 rings (SSSR count). The summed E-state index contributed by atoms with van der Waals surface area (Å²) in [6, 6.07) is 1.94. The van der Waals surface area contributed by atoms with E-state index in [0.717, 1.165) is 50.5 Å². The summed E-state index contributed by atoms with van der Waals surface area (Å²) < 4.78 is 5.16. The summed E-state index contributed by atoms with van der Waals surface area (Å²) in [4.78, 5) is 25.1. The van der Waals surface area contributed by atoms with E-state index in [0.29, 0.717) is 26.1 Å². The van der Waals surface area contributed by atoms with Gasteiger partial charge in [-0.3, -0.25) is 4.79 Å². The molecule has 1 atom stereocenters. The maximum absolute atomic E-state index is 12.2. The fraction of sp³-hybridized carbons (Fsp3) is 0.722. The van der Waals surface area contributed by atoms with Crippen molar-refractivity contribution in [1.29, 1.82) is 0 Å². The van der Waals surface area contributed by atoms with Gasteiger partial charge in [0.15, 0.2) is 0 Å². The second-order valence-electron chi connectivity index (χ2n) is 7.25. The van der Waals surface area contributed by atoms with Crippen LogP contribution in [0.2, 0.25) is 0 Å². The van der Waals surface area contributed by atoms with Crippen molar-refractivity contribution in [2.24, 2.45) is 5.41 Å². The number of hydrogen-bond acceptors (Lipinski definition) is 7. The maximum atomic E-state index is 12.2. The molecule has 0 aliphatic carbocycles. The van der Waals surface area contributed by atoms with Crippen molar-refractivity contribution in [2.45, 2.75) is 25.7 Å². The van der Waals surface area contributed by atoms with E-state index in [1.54, 1.807) is 13.4 Å². The molecule has 8 heteroatoms. The molecule has 2 aliphatic rings. The molecular weight excluding hydrogens is 334 g/mol. The van der Waals surface area contributed by atoms with E-state index in [1.807, 2.05) is 11.0 Å². The Morgan fingerprint density at radius 2 is 2.23 bits per heavy atom. The number of nitrogens with one attached hydrogen (secondary N) is 1. The number of aromatic nitrogens is 2. The van der Waals surface area contributed by atoms with Gasteiger partial charge in [0.1, 0.15) is 18.0 Å². The average Bonchev–Trinajstić information content (AvgIpc) is 2.68. The Kier molecular flexibility index (Phi) is 6.26. The number of methoxy groups -OCH3 is 1. The Bertz CT molecular complexity index is 614. The van der Waals surface area contributed by atoms with Crippen LogP contribution >= 0.6 is 0 Å². The molecule has 26 heavy (non-hydrogen) atoms. The monoisotopic (exact) mass is 363 g/mol. The second kappa shape index (κ2) is 8.64. The molecule has 1 amide bonds. The summed E-state index contributed by atoms with van der Waals surface area (Å²) in [6.45, 7) is 4.45. The Hall–Kier alpha value is -1.93. The molecule has 8 nitrogen and oxygen atoms in total. The third-order valence-corrected chi connectivity index (χ3v) is 5.37. The fourth-order valence-electron chi connectivity index (χ4n) is 4.04. The maximum Gasteiger partial charge on any atom is 0.222 e. The molecule has 2 aliphatic heterocycles. The van der Waals surface area contributed by atoms with E-state index in [9.17, 15) is 4.79 Å². The number of rotatable bonds is 7. The predicted octanol–water partition coefficient (Wildman–Crippen LogP) is 0.736. The van der Waals surface area contributed by atoms with Gasteiger partial charge in [0.2, 0.25) is 5.91 Å². The van der Waals surface area contributed by atoms with Gasteiger partial charge in [0.05, 0.1) is 13.2 Å². The zero-order valence-electron chi connectivity index (χ0n) is 15.5. The lowest BCUT2D eigenvalue weighted by molar-refractivity contribution is -0.138. The van der Waals surface area contributed by atoms with Crippen LogP contribution in [0.3, 0.4) is 0 Å². The number of carbonyl (C=O) groups is 1. The summed E-state index contributed by atoms with van der Waals surface area (Å²) in [5.41, 5.74) is 0.129. The Morgan fingerprint density at radius 3 is 3.04 bits per heavy atom. The van der Waals surface area contributed by atoms with Gasteiger partial charge in [0, 0.05) is 57.7 Å². The van der Waals surface area contributed by atoms with Gasteiger partial charge in [-0.15, -0.1) is 0 Å². The summed E-state index contributed by atoms with van der Waals surface area (Å²) in [7, 11) is 1.67. The van der Waals surface area contributed by atoms with Crippen LogP contribution in [0.4, 0.5) is 11.6 Å². The molecule has 0 unspecified atom stereocenters. The number of aliphatic hydroxyl groups excluding tert-OH is 1. The van der Waals surface area contributed by atoms with Crippen molar-refractivity contribution in [3.63, 3.8) is 0 Å². The molecule has 1 aromatic heterocycles. The van der Waals surface area contributed by atoms with Crippen LogP contribution in [0, 0.1) is 5.41 Å². The van der Waals surface area contributed by atoms with Crippen LogP contribution in [0.15, 0.2) is 12.4 Å². The number of aliphatic hydroxyl groups is 1. The number of carbonyl (C=O) groups excluding carboxylic acids is 1. The highest BCUT2D eigenvalue weighted by molar-refractivity contribution is 5.77. The fourth-order valence-corrected chi connectivity index (χ4v) is 4.04. The first-order valence-electron chi connectivity index (χ1n) is 9.34. The number of ether oxygens (including phenoxy) is 1. The molecule has 2 saturated heterocycles. The molecule has 2 fully saturated rings. The summed E-state index contributed by atoms with van der Waals surface area (Å²) in [5, 5.41) is 12.0. The highest BCUT2D eigenvalue weighted by Gasteiger charge is 2.41. The Morgan fingerprint density at radius 1 is 1.35 bits per heavy atom. The minimum absolute atomic E-state index is 0.0670. The topological polar surface area (TPSA) is 90.8 Å². The van der Waals surface area contributed by atoms with Gasteiger partial charge >= 0.3 is 0 Å². The smallest absolute Gasteiger partial charge is 0.222 e. The van der Waals surface area contributed by atoms with Gasteiger partial charge < -0.3 is 25.0 Å². The molecule has 3 heterocycles. The van der Waals surface area contributed by atoms with E-state index < -0.39 is 0 Å². The van der Waals surface area contributed by atoms with E-state index in [4.69, 9.17) is 9.84 Å². The Balaban J connectivity index is 1.69. The summed E-state index contributed by atoms with van der Waals surface area (Å²) in [5.74, 6) is 1.87. The molecule has 0 saturated carbocycles. The van der Waals surface area contributed by atoms with Gasteiger partial charge in [-0.05, 0) is 19.3 Å². The first kappa shape index (κ1) is 18.8. The average molecular weight is 363 g/mol. The zero-order chi connectivity index (χ0) is 18.4. The first-order valence-corrected chi connectivity index (χ1v) is 9.34. The van der Waals surface area contributed by atoms with Crippen LogP contribution in [-0.2, 0) is 9.53 Å². The lowest BCUT2D eigenvalue weighted by Crippen LogP contribution is -2.54. The van der Waals surface area contributed by atoms with Gasteiger partial charge in [-0.2, -0.15) is 0 Å². The number of hydrogen-bond donors (Lipinski definition) is 2. The number of likely N-dealkylation sites (tertiary alicyclic amines) is 1. The largest absolute Gasteiger partial charge is 0.395 e. The third-order valence-electron chi connectivity index (χ3n) is 5.37. The van der Waals surface area contributed by atoms with Crippen LogP contribution < -0.4 is 10.2 Å². The minimum Gasteiger partial charge on any atom is -0.395 e. The number of nitrogens with zero attached hydrogens (tertiary/aromatic N) is 4. The van der Waals surface area contributed by atoms with E-state index in [-0.39, 0.29) is 17.9 Å². The molecule has 0 aromatic carbocycles. The molecule has 0 bridgehead atoms.